The first-order chi connectivity index (χ1) is 8.70. The Bertz CT molecular complexity index is 454. The van der Waals surface area contributed by atoms with Gasteiger partial charge in [-0.2, -0.15) is 0 Å². The maximum atomic E-state index is 12.5. The summed E-state index contributed by atoms with van der Waals surface area (Å²) in [7, 11) is 0. The van der Waals surface area contributed by atoms with Crippen LogP contribution >= 0.6 is 0 Å². The third kappa shape index (κ3) is 1.75. The van der Waals surface area contributed by atoms with E-state index in [1.807, 2.05) is 24.0 Å². The Morgan fingerprint density at radius 3 is 3.06 bits per heavy atom. The second-order valence-corrected chi connectivity index (χ2v) is 5.40. The highest BCUT2D eigenvalue weighted by molar-refractivity contribution is 5.92. The van der Waals surface area contributed by atoms with Gasteiger partial charge in [0.2, 0.25) is 0 Å². The predicted molar refractivity (Wildman–Crippen MR) is 68.5 cm³/mol. The summed E-state index contributed by atoms with van der Waals surface area (Å²) < 4.78 is 5.59. The third-order valence-electron chi connectivity index (χ3n) is 4.24. The van der Waals surface area contributed by atoms with E-state index in [9.17, 15) is 4.79 Å². The van der Waals surface area contributed by atoms with Gasteiger partial charge in [0.15, 0.2) is 5.76 Å². The van der Waals surface area contributed by atoms with E-state index in [1.165, 1.54) is 0 Å². The molecule has 1 amide bonds. The highest BCUT2D eigenvalue weighted by atomic mass is 16.4. The van der Waals surface area contributed by atoms with E-state index in [2.05, 4.69) is 12.2 Å². The number of aryl methyl sites for hydroxylation is 1. The molecule has 0 bridgehead atoms. The van der Waals surface area contributed by atoms with Gasteiger partial charge in [0.05, 0.1) is 0 Å². The summed E-state index contributed by atoms with van der Waals surface area (Å²) in [5.74, 6) is 2.04. The number of rotatable bonds is 2. The normalized spacial score (nSPS) is 30.8. The first-order valence-electron chi connectivity index (χ1n) is 6.82. The largest absolute Gasteiger partial charge is 0.456 e. The molecule has 3 heterocycles. The second kappa shape index (κ2) is 4.43. The van der Waals surface area contributed by atoms with Crippen molar-refractivity contribution in [2.75, 3.05) is 13.1 Å². The van der Waals surface area contributed by atoms with Crippen LogP contribution in [0.15, 0.2) is 16.5 Å². The quantitative estimate of drug-likeness (QED) is 0.866. The molecule has 98 valence electrons. The van der Waals surface area contributed by atoms with E-state index in [0.29, 0.717) is 23.8 Å². The van der Waals surface area contributed by atoms with Gasteiger partial charge in [0.1, 0.15) is 5.76 Å². The van der Waals surface area contributed by atoms with Gasteiger partial charge in [-0.05, 0) is 31.4 Å². The number of nitrogens with one attached hydrogen (secondary N) is 1. The SMILES string of the molecule is CCc1ccc(C(=O)N2C(C)CC3CNCC32)o1. The average molecular weight is 248 g/mol. The minimum atomic E-state index is 0.0541. The highest BCUT2D eigenvalue weighted by Crippen LogP contribution is 2.33. The molecule has 4 heteroatoms. The maximum Gasteiger partial charge on any atom is 0.290 e. The summed E-state index contributed by atoms with van der Waals surface area (Å²) in [5, 5.41) is 3.37. The number of furan rings is 1. The summed E-state index contributed by atoms with van der Waals surface area (Å²) in [4.78, 5) is 14.6. The van der Waals surface area contributed by atoms with Crippen LogP contribution in [0.2, 0.25) is 0 Å². The van der Waals surface area contributed by atoms with Crippen LogP contribution in [0.3, 0.4) is 0 Å². The zero-order chi connectivity index (χ0) is 12.7. The van der Waals surface area contributed by atoms with Gasteiger partial charge in [-0.1, -0.05) is 6.92 Å². The van der Waals surface area contributed by atoms with E-state index in [1.54, 1.807) is 0 Å². The van der Waals surface area contributed by atoms with Gasteiger partial charge in [0.25, 0.3) is 5.91 Å². The molecular weight excluding hydrogens is 228 g/mol. The monoisotopic (exact) mass is 248 g/mol. The number of amides is 1. The third-order valence-corrected chi connectivity index (χ3v) is 4.24. The number of carbonyl (C=O) groups excluding carboxylic acids is 1. The Hall–Kier alpha value is -1.29. The standard InChI is InChI=1S/C14H20N2O2/c1-3-11-4-5-13(18-11)14(17)16-9(2)6-10-7-15-8-12(10)16/h4-5,9-10,12,15H,3,6-8H2,1-2H3. The molecular formula is C14H20N2O2. The van der Waals surface area contributed by atoms with Crippen LogP contribution in [-0.2, 0) is 6.42 Å². The smallest absolute Gasteiger partial charge is 0.290 e. The molecule has 2 aliphatic rings. The zero-order valence-corrected chi connectivity index (χ0v) is 11.0. The summed E-state index contributed by atoms with van der Waals surface area (Å²) in [6.07, 6.45) is 1.93. The lowest BCUT2D eigenvalue weighted by Gasteiger charge is -2.26. The lowest BCUT2D eigenvalue weighted by molar-refractivity contribution is 0.0647. The molecule has 1 N–H and O–H groups in total. The lowest BCUT2D eigenvalue weighted by Crippen LogP contribution is -2.42. The zero-order valence-electron chi connectivity index (χ0n) is 11.0. The van der Waals surface area contributed by atoms with Crippen molar-refractivity contribution in [2.24, 2.45) is 5.92 Å². The molecule has 2 aliphatic heterocycles. The molecule has 3 atom stereocenters. The van der Waals surface area contributed by atoms with Crippen LogP contribution < -0.4 is 5.32 Å². The van der Waals surface area contributed by atoms with Crippen LogP contribution in [-0.4, -0.2) is 36.0 Å². The molecule has 3 unspecified atom stereocenters. The van der Waals surface area contributed by atoms with Gasteiger partial charge < -0.3 is 14.6 Å². The van der Waals surface area contributed by atoms with Crippen LogP contribution in [0.25, 0.3) is 0 Å². The summed E-state index contributed by atoms with van der Waals surface area (Å²) in [6, 6.07) is 4.38. The maximum absolute atomic E-state index is 12.5. The van der Waals surface area contributed by atoms with Gasteiger partial charge in [-0.15, -0.1) is 0 Å². The van der Waals surface area contributed by atoms with Crippen molar-refractivity contribution < 1.29 is 9.21 Å². The number of likely N-dealkylation sites (tertiary alicyclic amines) is 1. The minimum absolute atomic E-state index is 0.0541. The van der Waals surface area contributed by atoms with Gasteiger partial charge in [-0.3, -0.25) is 4.79 Å². The highest BCUT2D eigenvalue weighted by Gasteiger charge is 2.44. The van der Waals surface area contributed by atoms with Gasteiger partial charge in [-0.25, -0.2) is 0 Å². The molecule has 1 aromatic rings. The van der Waals surface area contributed by atoms with Crippen molar-refractivity contribution in [1.82, 2.24) is 10.2 Å². The Morgan fingerprint density at radius 1 is 1.50 bits per heavy atom. The molecule has 2 fully saturated rings. The summed E-state index contributed by atoms with van der Waals surface area (Å²) in [5.41, 5.74) is 0. The molecule has 0 radical (unpaired) electrons. The molecule has 0 aromatic carbocycles. The number of fused-ring (bicyclic) bond motifs is 1. The van der Waals surface area contributed by atoms with E-state index in [-0.39, 0.29) is 5.91 Å². The fraction of sp³-hybridized carbons (Fsp3) is 0.643. The van der Waals surface area contributed by atoms with Crippen molar-refractivity contribution >= 4 is 5.91 Å². The van der Waals surface area contributed by atoms with Crippen LogP contribution in [0, 0.1) is 5.92 Å². The Kier molecular flexibility index (Phi) is 2.90. The fourth-order valence-corrected chi connectivity index (χ4v) is 3.32. The molecule has 18 heavy (non-hydrogen) atoms. The molecule has 1 aromatic heterocycles. The van der Waals surface area contributed by atoms with Crippen molar-refractivity contribution in [2.45, 2.75) is 38.8 Å². The molecule has 4 nitrogen and oxygen atoms in total. The Balaban J connectivity index is 1.83. The summed E-state index contributed by atoms with van der Waals surface area (Å²) >= 11 is 0. The van der Waals surface area contributed by atoms with E-state index in [0.717, 1.165) is 31.7 Å². The number of hydrogen-bond acceptors (Lipinski definition) is 3. The van der Waals surface area contributed by atoms with Crippen molar-refractivity contribution in [1.29, 1.82) is 0 Å². The Morgan fingerprint density at radius 2 is 2.33 bits per heavy atom. The van der Waals surface area contributed by atoms with Crippen molar-refractivity contribution in [3.8, 4) is 0 Å². The first kappa shape index (κ1) is 11.8. The molecule has 2 saturated heterocycles. The molecule has 0 saturated carbocycles. The minimum Gasteiger partial charge on any atom is -0.456 e. The first-order valence-corrected chi connectivity index (χ1v) is 6.82. The number of hydrogen-bond donors (Lipinski definition) is 1. The lowest BCUT2D eigenvalue weighted by atomic mass is 10.0. The second-order valence-electron chi connectivity index (χ2n) is 5.40. The van der Waals surface area contributed by atoms with E-state index < -0.39 is 0 Å². The number of nitrogens with zero attached hydrogens (tertiary/aromatic N) is 1. The molecule has 0 spiro atoms. The average Bonchev–Trinajstić information content (AvgIpc) is 3.01. The summed E-state index contributed by atoms with van der Waals surface area (Å²) in [6.45, 7) is 6.13. The van der Waals surface area contributed by atoms with Crippen LogP contribution in [0.1, 0.15) is 36.6 Å². The predicted octanol–water partition coefficient (Wildman–Crippen LogP) is 1.66. The van der Waals surface area contributed by atoms with E-state index in [4.69, 9.17) is 4.42 Å². The number of carbonyl (C=O) groups is 1. The molecule has 0 aliphatic carbocycles. The van der Waals surface area contributed by atoms with Gasteiger partial charge in [0, 0.05) is 31.6 Å². The molecule has 3 rings (SSSR count). The van der Waals surface area contributed by atoms with Crippen LogP contribution in [0.4, 0.5) is 0 Å². The van der Waals surface area contributed by atoms with Crippen LogP contribution in [0.5, 0.6) is 0 Å². The van der Waals surface area contributed by atoms with Crippen molar-refractivity contribution in [3.05, 3.63) is 23.7 Å². The van der Waals surface area contributed by atoms with Gasteiger partial charge >= 0.3 is 0 Å². The Labute approximate surface area is 107 Å². The van der Waals surface area contributed by atoms with E-state index >= 15 is 0 Å². The van der Waals surface area contributed by atoms with Crippen molar-refractivity contribution in [3.63, 3.8) is 0 Å². The fourth-order valence-electron chi connectivity index (χ4n) is 3.32. The topological polar surface area (TPSA) is 45.5 Å².